The smallest absolute Gasteiger partial charge is 0.351 e. The van der Waals surface area contributed by atoms with Crippen LogP contribution < -0.4 is 11.2 Å². The predicted molar refractivity (Wildman–Crippen MR) is 80.7 cm³/mol. The van der Waals surface area contributed by atoms with E-state index in [4.69, 9.17) is 14.7 Å². The molecule has 0 amide bonds. The average Bonchev–Trinajstić information content (AvgIpc) is 2.87. The van der Waals surface area contributed by atoms with Crippen molar-refractivity contribution >= 4 is 11.8 Å². The monoisotopic (exact) mass is 343 g/mol. The predicted octanol–water partition coefficient (Wildman–Crippen LogP) is -1.23. The number of aliphatic hydroxyl groups is 3. The number of ether oxygens (including phenoxy) is 1. The molecule has 0 bridgehead atoms. The standard InChI is InChI=1S/C14H21N3O7/c1-3-7(2)13(21)24-16-9-4-5-17(14(22)15-9)12-11(20)10(19)8(6-18)23-12/h4-5,7-8,10-12,18-20H,3,6H2,1-2H3,(H,15,16,22)/t7-,8-,10-,11-,12-/m1/s1. The van der Waals surface area contributed by atoms with Gasteiger partial charge in [-0.3, -0.25) is 4.57 Å². The number of anilines is 1. The number of aromatic nitrogens is 2. The Morgan fingerprint density at radius 3 is 2.75 bits per heavy atom. The minimum absolute atomic E-state index is 0.0136. The molecule has 1 aromatic heterocycles. The van der Waals surface area contributed by atoms with E-state index in [9.17, 15) is 19.8 Å². The molecular weight excluding hydrogens is 322 g/mol. The Balaban J connectivity index is 2.08. The van der Waals surface area contributed by atoms with Crippen LogP contribution in [0.4, 0.5) is 5.82 Å². The first-order chi connectivity index (χ1) is 11.4. The second kappa shape index (κ2) is 7.71. The zero-order valence-electron chi connectivity index (χ0n) is 13.3. The van der Waals surface area contributed by atoms with Gasteiger partial charge in [0.1, 0.15) is 18.3 Å². The van der Waals surface area contributed by atoms with E-state index in [2.05, 4.69) is 10.5 Å². The minimum Gasteiger partial charge on any atom is -0.394 e. The largest absolute Gasteiger partial charge is 0.394 e. The number of rotatable bonds is 6. The van der Waals surface area contributed by atoms with Crippen LogP contribution in [0.2, 0.25) is 0 Å². The third kappa shape index (κ3) is 3.73. The lowest BCUT2D eigenvalue weighted by molar-refractivity contribution is -0.145. The molecule has 134 valence electrons. The summed E-state index contributed by atoms with van der Waals surface area (Å²) in [4.78, 5) is 32.1. The maximum Gasteiger partial charge on any atom is 0.351 e. The minimum atomic E-state index is -1.39. The van der Waals surface area contributed by atoms with E-state index >= 15 is 0 Å². The number of hydrogen-bond acceptors (Lipinski definition) is 9. The SMILES string of the molecule is CC[C@@H](C)C(=O)ONc1ccn([C@@H]2O[C@H](CO)[C@@H](O)[C@H]2O)c(=O)n1. The fourth-order valence-electron chi connectivity index (χ4n) is 2.14. The molecule has 0 saturated carbocycles. The van der Waals surface area contributed by atoms with E-state index < -0.39 is 42.8 Å². The van der Waals surface area contributed by atoms with Gasteiger partial charge in [-0.05, 0) is 6.42 Å². The summed E-state index contributed by atoms with van der Waals surface area (Å²) in [6.45, 7) is 3.05. The molecule has 4 N–H and O–H groups in total. The van der Waals surface area contributed by atoms with Gasteiger partial charge in [0.15, 0.2) is 12.0 Å². The first-order valence-electron chi connectivity index (χ1n) is 7.57. The van der Waals surface area contributed by atoms with Crippen LogP contribution >= 0.6 is 0 Å². The van der Waals surface area contributed by atoms with Gasteiger partial charge in [-0.2, -0.15) is 4.98 Å². The van der Waals surface area contributed by atoms with Gasteiger partial charge in [0.25, 0.3) is 0 Å². The van der Waals surface area contributed by atoms with E-state index in [0.29, 0.717) is 6.42 Å². The lowest BCUT2D eigenvalue weighted by atomic mass is 10.1. The Labute approximate surface area is 137 Å². The van der Waals surface area contributed by atoms with Crippen LogP contribution in [-0.4, -0.2) is 55.8 Å². The Morgan fingerprint density at radius 2 is 2.21 bits per heavy atom. The molecule has 2 heterocycles. The molecule has 0 unspecified atom stereocenters. The summed E-state index contributed by atoms with van der Waals surface area (Å²) in [6, 6.07) is 1.35. The fraction of sp³-hybridized carbons (Fsp3) is 0.643. The number of nitrogens with zero attached hydrogens (tertiary/aromatic N) is 2. The Morgan fingerprint density at radius 1 is 1.50 bits per heavy atom. The molecule has 1 aliphatic rings. The van der Waals surface area contributed by atoms with Crippen molar-refractivity contribution in [3.8, 4) is 0 Å². The quantitative estimate of drug-likeness (QED) is 0.467. The van der Waals surface area contributed by atoms with Gasteiger partial charge in [-0.25, -0.2) is 15.1 Å². The second-order valence-corrected chi connectivity index (χ2v) is 5.56. The maximum atomic E-state index is 12.0. The highest BCUT2D eigenvalue weighted by atomic mass is 16.7. The number of carbonyl (C=O) groups excluding carboxylic acids is 1. The van der Waals surface area contributed by atoms with Gasteiger partial charge >= 0.3 is 11.7 Å². The number of nitrogens with one attached hydrogen (secondary N) is 1. The van der Waals surface area contributed by atoms with Crippen LogP contribution in [0.1, 0.15) is 26.5 Å². The average molecular weight is 343 g/mol. The molecule has 1 fully saturated rings. The van der Waals surface area contributed by atoms with Gasteiger partial charge in [0, 0.05) is 12.3 Å². The Bertz CT molecular complexity index is 635. The van der Waals surface area contributed by atoms with Crippen molar-refractivity contribution in [1.29, 1.82) is 0 Å². The molecule has 1 aromatic rings. The van der Waals surface area contributed by atoms with Crippen LogP contribution in [0.3, 0.4) is 0 Å². The molecule has 0 radical (unpaired) electrons. The van der Waals surface area contributed by atoms with Gasteiger partial charge in [-0.1, -0.05) is 13.8 Å². The van der Waals surface area contributed by atoms with Crippen LogP contribution in [0, 0.1) is 5.92 Å². The Hall–Kier alpha value is -2.01. The van der Waals surface area contributed by atoms with E-state index in [0.717, 1.165) is 4.57 Å². The molecule has 1 saturated heterocycles. The van der Waals surface area contributed by atoms with Gasteiger partial charge in [-0.15, -0.1) is 0 Å². The lowest BCUT2D eigenvalue weighted by Gasteiger charge is -2.17. The summed E-state index contributed by atoms with van der Waals surface area (Å²) in [5.74, 6) is -0.761. The molecule has 24 heavy (non-hydrogen) atoms. The van der Waals surface area contributed by atoms with Crippen molar-refractivity contribution in [3.05, 3.63) is 22.7 Å². The molecular formula is C14H21N3O7. The van der Waals surface area contributed by atoms with Crippen molar-refractivity contribution in [1.82, 2.24) is 9.55 Å². The summed E-state index contributed by atoms with van der Waals surface area (Å²) >= 11 is 0. The zero-order chi connectivity index (χ0) is 17.9. The molecule has 10 heteroatoms. The third-order valence-electron chi connectivity index (χ3n) is 3.89. The summed E-state index contributed by atoms with van der Waals surface area (Å²) in [7, 11) is 0. The summed E-state index contributed by atoms with van der Waals surface area (Å²) in [5, 5.41) is 28.7. The number of hydrogen-bond donors (Lipinski definition) is 4. The molecule has 0 aromatic carbocycles. The highest BCUT2D eigenvalue weighted by Crippen LogP contribution is 2.28. The van der Waals surface area contributed by atoms with Gasteiger partial charge < -0.3 is 24.9 Å². The first kappa shape index (κ1) is 18.3. The van der Waals surface area contributed by atoms with Crippen molar-refractivity contribution in [3.63, 3.8) is 0 Å². The van der Waals surface area contributed by atoms with E-state index in [1.165, 1.54) is 12.3 Å². The Kier molecular flexibility index (Phi) is 5.89. The fourth-order valence-corrected chi connectivity index (χ4v) is 2.14. The number of aliphatic hydroxyl groups excluding tert-OH is 3. The molecule has 5 atom stereocenters. The van der Waals surface area contributed by atoms with E-state index in [1.54, 1.807) is 6.92 Å². The van der Waals surface area contributed by atoms with Gasteiger partial charge in [0.05, 0.1) is 12.5 Å². The highest BCUT2D eigenvalue weighted by Gasteiger charge is 2.43. The molecule has 0 aliphatic carbocycles. The third-order valence-corrected chi connectivity index (χ3v) is 3.89. The van der Waals surface area contributed by atoms with Crippen LogP contribution in [0.25, 0.3) is 0 Å². The normalized spacial score (nSPS) is 27.7. The van der Waals surface area contributed by atoms with E-state index in [-0.39, 0.29) is 11.7 Å². The molecule has 10 nitrogen and oxygen atoms in total. The van der Waals surface area contributed by atoms with E-state index in [1.807, 2.05) is 6.92 Å². The van der Waals surface area contributed by atoms with Crippen molar-refractivity contribution < 1.29 is 29.7 Å². The van der Waals surface area contributed by atoms with Crippen LogP contribution in [-0.2, 0) is 14.4 Å². The highest BCUT2D eigenvalue weighted by molar-refractivity contribution is 5.72. The lowest BCUT2D eigenvalue weighted by Crippen LogP contribution is -2.36. The van der Waals surface area contributed by atoms with Crippen LogP contribution in [0.5, 0.6) is 0 Å². The van der Waals surface area contributed by atoms with Crippen molar-refractivity contribution in [2.75, 3.05) is 12.1 Å². The zero-order valence-corrected chi connectivity index (χ0v) is 13.3. The first-order valence-corrected chi connectivity index (χ1v) is 7.57. The number of carbonyl (C=O) groups is 1. The van der Waals surface area contributed by atoms with Crippen LogP contribution in [0.15, 0.2) is 17.1 Å². The summed E-state index contributed by atoms with van der Waals surface area (Å²) < 4.78 is 6.23. The van der Waals surface area contributed by atoms with Crippen molar-refractivity contribution in [2.24, 2.45) is 5.92 Å². The topological polar surface area (TPSA) is 143 Å². The molecule has 0 spiro atoms. The molecule has 2 rings (SSSR count). The summed E-state index contributed by atoms with van der Waals surface area (Å²) in [6.07, 6.45) is -2.99. The summed E-state index contributed by atoms with van der Waals surface area (Å²) in [5.41, 5.74) is 1.51. The molecule has 1 aliphatic heterocycles. The second-order valence-electron chi connectivity index (χ2n) is 5.56. The van der Waals surface area contributed by atoms with Gasteiger partial charge in [0.2, 0.25) is 0 Å². The maximum absolute atomic E-state index is 12.0. The van der Waals surface area contributed by atoms with Crippen molar-refractivity contribution in [2.45, 2.75) is 44.8 Å².